The molecule has 2 aromatic carbocycles. The van der Waals surface area contributed by atoms with Crippen LogP contribution in [-0.4, -0.2) is 71.7 Å². The zero-order valence-electron chi connectivity index (χ0n) is 22.3. The van der Waals surface area contributed by atoms with Gasteiger partial charge in [0.25, 0.3) is 0 Å². The molecule has 9 nitrogen and oxygen atoms in total. The predicted molar refractivity (Wildman–Crippen MR) is 141 cm³/mol. The van der Waals surface area contributed by atoms with Gasteiger partial charge in [-0.25, -0.2) is 14.4 Å². The summed E-state index contributed by atoms with van der Waals surface area (Å²) in [6, 6.07) is 13.6. The van der Waals surface area contributed by atoms with E-state index in [-0.39, 0.29) is 25.6 Å². The number of alkyl carbamates (subject to hydrolysis) is 1. The third-order valence-electron chi connectivity index (χ3n) is 6.93. The van der Waals surface area contributed by atoms with E-state index in [1.807, 2.05) is 36.4 Å². The van der Waals surface area contributed by atoms with Crippen LogP contribution in [0.15, 0.2) is 48.5 Å². The Hall–Kier alpha value is -3.59. The van der Waals surface area contributed by atoms with Crippen molar-refractivity contribution in [1.29, 1.82) is 0 Å². The molecule has 1 saturated heterocycles. The molecule has 38 heavy (non-hydrogen) atoms. The third kappa shape index (κ3) is 5.93. The fraction of sp³-hybridized carbons (Fsp3) is 0.483. The second-order valence-corrected chi connectivity index (χ2v) is 10.7. The molecule has 2 aliphatic rings. The number of ether oxygens (including phenoxy) is 3. The first kappa shape index (κ1) is 27.4. The monoisotopic (exact) mass is 524 g/mol. The number of benzene rings is 2. The van der Waals surface area contributed by atoms with Crippen molar-refractivity contribution in [2.75, 3.05) is 19.8 Å². The Morgan fingerprint density at radius 1 is 1.08 bits per heavy atom. The molecule has 4 rings (SSSR count). The maximum absolute atomic E-state index is 13.6. The Bertz CT molecular complexity index is 1130. The number of carboxylic acid groups (broad SMARTS) is 1. The average molecular weight is 525 g/mol. The van der Waals surface area contributed by atoms with E-state index in [4.69, 9.17) is 14.2 Å². The first-order chi connectivity index (χ1) is 18.1. The fourth-order valence-corrected chi connectivity index (χ4v) is 5.31. The van der Waals surface area contributed by atoms with Crippen molar-refractivity contribution in [2.45, 2.75) is 70.2 Å². The Morgan fingerprint density at radius 2 is 1.68 bits per heavy atom. The molecule has 0 spiro atoms. The van der Waals surface area contributed by atoms with E-state index in [1.54, 1.807) is 27.7 Å². The first-order valence-corrected chi connectivity index (χ1v) is 13.0. The highest BCUT2D eigenvalue weighted by molar-refractivity contribution is 5.81. The number of hydrogen-bond acceptors (Lipinski definition) is 6. The highest BCUT2D eigenvalue weighted by Gasteiger charge is 2.42. The molecular weight excluding hydrogens is 488 g/mol. The van der Waals surface area contributed by atoms with Crippen LogP contribution in [0, 0.1) is 0 Å². The highest BCUT2D eigenvalue weighted by Crippen LogP contribution is 2.44. The van der Waals surface area contributed by atoms with Gasteiger partial charge in [0.15, 0.2) is 0 Å². The number of amides is 2. The minimum atomic E-state index is -1.14. The van der Waals surface area contributed by atoms with Gasteiger partial charge in [-0.2, -0.15) is 0 Å². The lowest BCUT2D eigenvalue weighted by Gasteiger charge is -2.41. The minimum absolute atomic E-state index is 0.0623. The van der Waals surface area contributed by atoms with Gasteiger partial charge in [0.2, 0.25) is 0 Å². The minimum Gasteiger partial charge on any atom is -0.480 e. The van der Waals surface area contributed by atoms with Crippen LogP contribution in [0.1, 0.15) is 57.6 Å². The number of hydrogen-bond donors (Lipinski definition) is 2. The molecule has 2 aromatic rings. The van der Waals surface area contributed by atoms with Gasteiger partial charge in [-0.05, 0) is 55.9 Å². The largest absolute Gasteiger partial charge is 0.480 e. The van der Waals surface area contributed by atoms with E-state index < -0.39 is 41.9 Å². The number of carbonyl (C=O) groups is 3. The predicted octanol–water partition coefficient (Wildman–Crippen LogP) is 4.78. The number of rotatable bonds is 7. The summed E-state index contributed by atoms with van der Waals surface area (Å²) in [7, 11) is 0. The van der Waals surface area contributed by atoms with Gasteiger partial charge in [-0.15, -0.1) is 0 Å². The molecular formula is C29H36N2O7. The molecule has 204 valence electrons. The van der Waals surface area contributed by atoms with Crippen LogP contribution in [0.25, 0.3) is 11.1 Å². The molecule has 2 N–H and O–H groups in total. The zero-order valence-corrected chi connectivity index (χ0v) is 22.3. The second kappa shape index (κ2) is 11.4. The van der Waals surface area contributed by atoms with Gasteiger partial charge in [-0.3, -0.25) is 4.90 Å². The van der Waals surface area contributed by atoms with Crippen molar-refractivity contribution in [3.05, 3.63) is 59.7 Å². The fourth-order valence-electron chi connectivity index (χ4n) is 5.31. The molecule has 2 amide bonds. The molecule has 0 radical (unpaired) electrons. The van der Waals surface area contributed by atoms with Gasteiger partial charge in [0, 0.05) is 12.5 Å². The summed E-state index contributed by atoms with van der Waals surface area (Å²) in [5.41, 5.74) is 3.62. The number of carboxylic acids is 1. The summed E-state index contributed by atoms with van der Waals surface area (Å²) in [6.45, 7) is 7.46. The van der Waals surface area contributed by atoms with Gasteiger partial charge >= 0.3 is 18.2 Å². The van der Waals surface area contributed by atoms with Crippen LogP contribution in [0.4, 0.5) is 9.59 Å². The molecule has 0 aromatic heterocycles. The standard InChI is InChI=1S/C29H36N2O7/c1-5-24(26(32)33)31(25-14-15-36-17-23(25)30-27(34)38-29(2,3)4)28(35)37-16-22-20-12-8-6-10-18(20)19-11-7-9-13-21(19)22/h6-13,22-25H,5,14-17H2,1-4H3,(H,30,34)(H,32,33)/t23-,24?,25+/m1/s1. The molecule has 1 fully saturated rings. The average Bonchev–Trinajstić information content (AvgIpc) is 3.18. The van der Waals surface area contributed by atoms with Crippen molar-refractivity contribution in [2.24, 2.45) is 0 Å². The van der Waals surface area contributed by atoms with Gasteiger partial charge in [0.05, 0.1) is 18.7 Å². The lowest BCUT2D eigenvalue weighted by molar-refractivity contribution is -0.145. The molecule has 0 saturated carbocycles. The van der Waals surface area contributed by atoms with Crippen LogP contribution in [0.3, 0.4) is 0 Å². The quantitative estimate of drug-likeness (QED) is 0.536. The Balaban J connectivity index is 1.57. The van der Waals surface area contributed by atoms with E-state index in [0.29, 0.717) is 13.0 Å². The maximum Gasteiger partial charge on any atom is 0.410 e. The van der Waals surface area contributed by atoms with Crippen molar-refractivity contribution in [1.82, 2.24) is 10.2 Å². The van der Waals surface area contributed by atoms with E-state index >= 15 is 0 Å². The number of carbonyl (C=O) groups excluding carboxylic acids is 2. The van der Waals surface area contributed by atoms with Crippen molar-refractivity contribution >= 4 is 18.2 Å². The number of aliphatic carboxylic acids is 1. The van der Waals surface area contributed by atoms with E-state index in [9.17, 15) is 19.5 Å². The summed E-state index contributed by atoms with van der Waals surface area (Å²) in [5, 5.41) is 12.8. The lowest BCUT2D eigenvalue weighted by atomic mass is 9.98. The number of nitrogens with zero attached hydrogens (tertiary/aromatic N) is 1. The summed E-state index contributed by atoms with van der Waals surface area (Å²) >= 11 is 0. The number of fused-ring (bicyclic) bond motifs is 3. The van der Waals surface area contributed by atoms with Crippen LogP contribution >= 0.6 is 0 Å². The SMILES string of the molecule is CCC(C(=O)O)N(C(=O)OCC1c2ccccc2-c2ccccc21)[C@H]1CCOC[C@H]1NC(=O)OC(C)(C)C. The normalized spacial score (nSPS) is 19.6. The molecule has 3 atom stereocenters. The van der Waals surface area contributed by atoms with Crippen molar-refractivity contribution in [3.63, 3.8) is 0 Å². The Labute approximate surface area is 223 Å². The first-order valence-electron chi connectivity index (χ1n) is 13.0. The third-order valence-corrected chi connectivity index (χ3v) is 6.93. The van der Waals surface area contributed by atoms with Gasteiger partial charge in [0.1, 0.15) is 18.2 Å². The molecule has 1 aliphatic carbocycles. The molecule has 9 heteroatoms. The summed E-state index contributed by atoms with van der Waals surface area (Å²) in [6.07, 6.45) is -0.873. The smallest absolute Gasteiger partial charge is 0.410 e. The molecule has 1 unspecified atom stereocenters. The van der Waals surface area contributed by atoms with Crippen molar-refractivity contribution in [3.8, 4) is 11.1 Å². The second-order valence-electron chi connectivity index (χ2n) is 10.7. The van der Waals surface area contributed by atoms with E-state index in [0.717, 1.165) is 22.3 Å². The molecule has 1 aliphatic heterocycles. The Kier molecular flexibility index (Phi) is 8.26. The molecule has 0 bridgehead atoms. The molecule has 1 heterocycles. The maximum atomic E-state index is 13.6. The summed E-state index contributed by atoms with van der Waals surface area (Å²) < 4.78 is 16.8. The lowest BCUT2D eigenvalue weighted by Crippen LogP contribution is -2.62. The number of nitrogens with one attached hydrogen (secondary N) is 1. The van der Waals surface area contributed by atoms with Gasteiger partial charge in [-0.1, -0.05) is 55.5 Å². The summed E-state index contributed by atoms with van der Waals surface area (Å²) in [5.74, 6) is -1.30. The van der Waals surface area contributed by atoms with E-state index in [1.165, 1.54) is 4.90 Å². The van der Waals surface area contributed by atoms with Gasteiger partial charge < -0.3 is 24.6 Å². The van der Waals surface area contributed by atoms with Crippen LogP contribution in [-0.2, 0) is 19.0 Å². The topological polar surface area (TPSA) is 114 Å². The zero-order chi connectivity index (χ0) is 27.4. The highest BCUT2D eigenvalue weighted by atomic mass is 16.6. The van der Waals surface area contributed by atoms with Crippen LogP contribution in [0.5, 0.6) is 0 Å². The Morgan fingerprint density at radius 3 is 2.24 bits per heavy atom. The van der Waals surface area contributed by atoms with Crippen LogP contribution < -0.4 is 5.32 Å². The van der Waals surface area contributed by atoms with Crippen molar-refractivity contribution < 1.29 is 33.7 Å². The van der Waals surface area contributed by atoms with E-state index in [2.05, 4.69) is 17.4 Å². The van der Waals surface area contributed by atoms with Crippen LogP contribution in [0.2, 0.25) is 0 Å². The summed E-state index contributed by atoms with van der Waals surface area (Å²) in [4.78, 5) is 39.7.